The molecule has 21 heavy (non-hydrogen) atoms. The maximum Gasteiger partial charge on any atom is 0.306 e. The van der Waals surface area contributed by atoms with Crippen molar-refractivity contribution in [2.75, 3.05) is 7.11 Å². The normalized spacial score (nSPS) is 18.0. The van der Waals surface area contributed by atoms with Gasteiger partial charge in [0.2, 0.25) is 0 Å². The third kappa shape index (κ3) is 2.22. The SMILES string of the molecule is COC(=O)CC1CCn2c1cc1cc(/C(N)=N\O)ccc12. The van der Waals surface area contributed by atoms with E-state index in [4.69, 9.17) is 15.7 Å². The van der Waals surface area contributed by atoms with Crippen LogP contribution in [0.3, 0.4) is 0 Å². The Balaban J connectivity index is 2.00. The van der Waals surface area contributed by atoms with Crippen LogP contribution in [0.1, 0.15) is 30.0 Å². The van der Waals surface area contributed by atoms with Gasteiger partial charge in [0.1, 0.15) is 0 Å². The Morgan fingerprint density at radius 2 is 2.33 bits per heavy atom. The second-order valence-electron chi connectivity index (χ2n) is 5.25. The summed E-state index contributed by atoms with van der Waals surface area (Å²) in [6.07, 6.45) is 1.35. The van der Waals surface area contributed by atoms with Crippen molar-refractivity contribution in [3.63, 3.8) is 0 Å². The van der Waals surface area contributed by atoms with Crippen LogP contribution in [0, 0.1) is 0 Å². The van der Waals surface area contributed by atoms with E-state index in [2.05, 4.69) is 15.8 Å². The van der Waals surface area contributed by atoms with E-state index in [1.54, 1.807) is 0 Å². The fourth-order valence-electron chi connectivity index (χ4n) is 3.02. The number of rotatable bonds is 3. The number of fused-ring (bicyclic) bond motifs is 3. The molecule has 0 amide bonds. The minimum absolute atomic E-state index is 0.0920. The van der Waals surface area contributed by atoms with Crippen molar-refractivity contribution in [2.45, 2.75) is 25.3 Å². The molecule has 1 aliphatic heterocycles. The molecule has 0 radical (unpaired) electrons. The Hall–Kier alpha value is -2.50. The van der Waals surface area contributed by atoms with E-state index in [0.717, 1.165) is 29.6 Å². The van der Waals surface area contributed by atoms with E-state index < -0.39 is 0 Å². The Bertz CT molecular complexity index is 733. The number of aromatic nitrogens is 1. The zero-order valence-corrected chi connectivity index (χ0v) is 11.7. The first kappa shape index (κ1) is 13.5. The van der Waals surface area contributed by atoms with Gasteiger partial charge in [0.05, 0.1) is 13.5 Å². The number of esters is 1. The number of hydrogen-bond donors (Lipinski definition) is 2. The highest BCUT2D eigenvalue weighted by molar-refractivity contribution is 6.00. The molecule has 3 rings (SSSR count). The van der Waals surface area contributed by atoms with Crippen molar-refractivity contribution in [3.8, 4) is 0 Å². The Morgan fingerprint density at radius 1 is 1.52 bits per heavy atom. The summed E-state index contributed by atoms with van der Waals surface area (Å²) in [6, 6.07) is 7.76. The highest BCUT2D eigenvalue weighted by Crippen LogP contribution is 2.36. The van der Waals surface area contributed by atoms with Gasteiger partial charge in [0.15, 0.2) is 5.84 Å². The minimum Gasteiger partial charge on any atom is -0.469 e. The number of amidine groups is 1. The third-order valence-corrected chi connectivity index (χ3v) is 4.10. The molecule has 1 aromatic heterocycles. The number of ether oxygens (including phenoxy) is 1. The summed E-state index contributed by atoms with van der Waals surface area (Å²) in [5.74, 6) is 0.0996. The average Bonchev–Trinajstić information content (AvgIpc) is 3.05. The van der Waals surface area contributed by atoms with E-state index in [1.165, 1.54) is 7.11 Å². The van der Waals surface area contributed by atoms with Gasteiger partial charge in [0, 0.05) is 34.6 Å². The van der Waals surface area contributed by atoms with Gasteiger partial charge in [-0.2, -0.15) is 0 Å². The maximum atomic E-state index is 11.5. The molecule has 2 aromatic rings. The lowest BCUT2D eigenvalue weighted by atomic mass is 10.00. The molecule has 1 aromatic carbocycles. The average molecular weight is 287 g/mol. The Kier molecular flexibility index (Phi) is 3.29. The lowest BCUT2D eigenvalue weighted by Crippen LogP contribution is -2.12. The Morgan fingerprint density at radius 3 is 3.05 bits per heavy atom. The van der Waals surface area contributed by atoms with E-state index >= 15 is 0 Å². The molecule has 2 heterocycles. The van der Waals surface area contributed by atoms with Crippen LogP contribution >= 0.6 is 0 Å². The van der Waals surface area contributed by atoms with Gasteiger partial charge in [-0.3, -0.25) is 4.79 Å². The van der Waals surface area contributed by atoms with Crippen molar-refractivity contribution >= 4 is 22.7 Å². The van der Waals surface area contributed by atoms with Crippen LogP contribution in [-0.2, 0) is 16.1 Å². The molecule has 6 nitrogen and oxygen atoms in total. The number of carbonyl (C=O) groups excluding carboxylic acids is 1. The summed E-state index contributed by atoms with van der Waals surface area (Å²) in [6.45, 7) is 0.892. The van der Waals surface area contributed by atoms with Crippen molar-refractivity contribution in [1.82, 2.24) is 4.57 Å². The number of methoxy groups -OCH3 is 1. The number of nitrogens with zero attached hydrogens (tertiary/aromatic N) is 2. The zero-order valence-electron chi connectivity index (χ0n) is 11.7. The quantitative estimate of drug-likeness (QED) is 0.296. The number of carbonyl (C=O) groups is 1. The molecule has 0 fully saturated rings. The van der Waals surface area contributed by atoms with Gasteiger partial charge in [-0.1, -0.05) is 5.16 Å². The number of oxime groups is 1. The predicted octanol–water partition coefficient (Wildman–Crippen LogP) is 1.79. The number of nitrogens with two attached hydrogens (primary N) is 1. The highest BCUT2D eigenvalue weighted by atomic mass is 16.5. The summed E-state index contributed by atoms with van der Waals surface area (Å²) in [5, 5.41) is 12.8. The summed E-state index contributed by atoms with van der Waals surface area (Å²) >= 11 is 0. The second kappa shape index (κ2) is 5.12. The first-order valence-electron chi connectivity index (χ1n) is 6.82. The fourth-order valence-corrected chi connectivity index (χ4v) is 3.02. The molecule has 1 unspecified atom stereocenters. The van der Waals surface area contributed by atoms with Crippen LogP contribution < -0.4 is 5.73 Å². The van der Waals surface area contributed by atoms with Crippen molar-refractivity contribution < 1.29 is 14.7 Å². The third-order valence-electron chi connectivity index (χ3n) is 4.10. The standard InChI is InChI=1S/C15H17N3O3/c1-21-14(19)8-9-4-5-18-12-3-2-10(15(16)17-20)6-11(12)7-13(9)18/h2-3,6-7,9,20H,4-5,8H2,1H3,(H2,16,17). The molecular weight excluding hydrogens is 270 g/mol. The molecular formula is C15H17N3O3. The molecule has 1 aliphatic rings. The minimum atomic E-state index is -0.184. The molecule has 110 valence electrons. The summed E-state index contributed by atoms with van der Waals surface area (Å²) in [7, 11) is 1.41. The second-order valence-corrected chi connectivity index (χ2v) is 5.25. The topological polar surface area (TPSA) is 89.8 Å². The van der Waals surface area contributed by atoms with Crippen molar-refractivity contribution in [2.24, 2.45) is 10.9 Å². The van der Waals surface area contributed by atoms with Crippen molar-refractivity contribution in [1.29, 1.82) is 0 Å². The van der Waals surface area contributed by atoms with Gasteiger partial charge < -0.3 is 20.2 Å². The lowest BCUT2D eigenvalue weighted by molar-refractivity contribution is -0.141. The van der Waals surface area contributed by atoms with Crippen LogP contribution in [0.5, 0.6) is 0 Å². The van der Waals surface area contributed by atoms with Gasteiger partial charge in [-0.25, -0.2) is 0 Å². The van der Waals surface area contributed by atoms with E-state index in [9.17, 15) is 4.79 Å². The van der Waals surface area contributed by atoms with Gasteiger partial charge in [-0.15, -0.1) is 0 Å². The first-order chi connectivity index (χ1) is 10.1. The van der Waals surface area contributed by atoms with Crippen molar-refractivity contribution in [3.05, 3.63) is 35.5 Å². The highest BCUT2D eigenvalue weighted by Gasteiger charge is 2.27. The van der Waals surface area contributed by atoms with Crippen LogP contribution in [0.2, 0.25) is 0 Å². The molecule has 1 atom stereocenters. The molecule has 0 spiro atoms. The van der Waals surface area contributed by atoms with Crippen LogP contribution in [0.4, 0.5) is 0 Å². The molecule has 0 saturated carbocycles. The molecule has 0 bridgehead atoms. The summed E-state index contributed by atoms with van der Waals surface area (Å²) < 4.78 is 6.98. The van der Waals surface area contributed by atoms with E-state index in [0.29, 0.717) is 12.0 Å². The predicted molar refractivity (Wildman–Crippen MR) is 78.4 cm³/mol. The lowest BCUT2D eigenvalue weighted by Gasteiger charge is -2.06. The van der Waals surface area contributed by atoms with Gasteiger partial charge in [-0.05, 0) is 30.7 Å². The monoisotopic (exact) mass is 287 g/mol. The Labute approximate surface area is 121 Å². The number of aryl methyl sites for hydroxylation is 1. The largest absolute Gasteiger partial charge is 0.469 e. The summed E-state index contributed by atoms with van der Waals surface area (Å²) in [4.78, 5) is 11.5. The molecule has 0 saturated heterocycles. The van der Waals surface area contributed by atoms with Gasteiger partial charge >= 0.3 is 5.97 Å². The van der Waals surface area contributed by atoms with E-state index in [-0.39, 0.29) is 17.7 Å². The first-order valence-corrected chi connectivity index (χ1v) is 6.82. The van der Waals surface area contributed by atoms with E-state index in [1.807, 2.05) is 18.2 Å². The molecule has 6 heteroatoms. The zero-order chi connectivity index (χ0) is 15.0. The maximum absolute atomic E-state index is 11.5. The number of benzene rings is 1. The number of hydrogen-bond acceptors (Lipinski definition) is 4. The molecule has 0 aliphatic carbocycles. The van der Waals surface area contributed by atoms with Crippen LogP contribution in [0.15, 0.2) is 29.4 Å². The van der Waals surface area contributed by atoms with Crippen LogP contribution in [-0.4, -0.2) is 28.7 Å². The fraction of sp³-hybridized carbons (Fsp3) is 0.333. The molecule has 3 N–H and O–H groups in total. The smallest absolute Gasteiger partial charge is 0.306 e. The summed E-state index contributed by atoms with van der Waals surface area (Å²) in [5.41, 5.74) is 8.55. The van der Waals surface area contributed by atoms with Gasteiger partial charge in [0.25, 0.3) is 0 Å². The van der Waals surface area contributed by atoms with Crippen LogP contribution in [0.25, 0.3) is 10.9 Å².